The number of aromatic nitrogens is 1. The Morgan fingerprint density at radius 3 is 2.69 bits per heavy atom. The van der Waals surface area contributed by atoms with Crippen LogP contribution in [0.1, 0.15) is 0 Å². The fourth-order valence-electron chi connectivity index (χ4n) is 0.642. The van der Waals surface area contributed by atoms with Crippen molar-refractivity contribution in [3.8, 4) is 5.88 Å². The number of anilines is 1. The zero-order valence-corrected chi connectivity index (χ0v) is 8.26. The van der Waals surface area contributed by atoms with Crippen molar-refractivity contribution in [1.29, 1.82) is 0 Å². The molecule has 2 N–H and O–H groups in total. The van der Waals surface area contributed by atoms with E-state index in [0.29, 0.717) is 0 Å². The molecule has 0 saturated heterocycles. The Balaban J connectivity index is 3.04. The first kappa shape index (κ1) is 10.4. The summed E-state index contributed by atoms with van der Waals surface area (Å²) in [6.45, 7) is -3.06. The molecule has 0 bridgehead atoms. The minimum Gasteiger partial charge on any atom is -0.415 e. The Morgan fingerprint density at radius 1 is 1.54 bits per heavy atom. The largest absolute Gasteiger partial charge is 0.415 e. The molecule has 13 heavy (non-hydrogen) atoms. The van der Waals surface area contributed by atoms with Gasteiger partial charge in [0, 0.05) is 6.20 Å². The van der Waals surface area contributed by atoms with E-state index in [1.807, 2.05) is 0 Å². The summed E-state index contributed by atoms with van der Waals surface area (Å²) in [5, 5.41) is 0. The van der Waals surface area contributed by atoms with Gasteiger partial charge in [0.2, 0.25) is 5.88 Å². The molecule has 0 amide bonds. The van der Waals surface area contributed by atoms with Gasteiger partial charge in [-0.15, -0.1) is 0 Å². The van der Waals surface area contributed by atoms with E-state index in [1.54, 1.807) is 22.6 Å². The highest BCUT2D eigenvalue weighted by Crippen LogP contribution is 2.25. The molecular weight excluding hydrogens is 300 g/mol. The van der Waals surface area contributed by atoms with Crippen LogP contribution in [0.2, 0.25) is 0 Å². The van der Waals surface area contributed by atoms with Gasteiger partial charge in [0.15, 0.2) is 5.82 Å². The van der Waals surface area contributed by atoms with Crippen LogP contribution in [0.25, 0.3) is 0 Å². The van der Waals surface area contributed by atoms with Crippen molar-refractivity contribution in [2.75, 3.05) is 5.73 Å². The van der Waals surface area contributed by atoms with Crippen LogP contribution in [0, 0.1) is 9.39 Å². The topological polar surface area (TPSA) is 48.1 Å². The molecule has 0 spiro atoms. The molecular formula is C6H4F3IN2O. The quantitative estimate of drug-likeness (QED) is 0.850. The van der Waals surface area contributed by atoms with Gasteiger partial charge in [0.05, 0.1) is 3.57 Å². The van der Waals surface area contributed by atoms with Gasteiger partial charge < -0.3 is 10.5 Å². The predicted octanol–water partition coefficient (Wildman–Crippen LogP) is 2.01. The Labute approximate surface area is 85.2 Å². The molecule has 7 heteroatoms. The normalized spacial score (nSPS) is 10.5. The molecule has 0 fully saturated rings. The average molecular weight is 304 g/mol. The van der Waals surface area contributed by atoms with Crippen molar-refractivity contribution in [2.24, 2.45) is 0 Å². The summed E-state index contributed by atoms with van der Waals surface area (Å²) in [5.41, 5.74) is 4.62. The number of nitrogens with two attached hydrogens (primary N) is 1. The van der Waals surface area contributed by atoms with Crippen LogP contribution in [0.15, 0.2) is 6.20 Å². The zero-order chi connectivity index (χ0) is 10.0. The van der Waals surface area contributed by atoms with Gasteiger partial charge in [-0.3, -0.25) is 0 Å². The molecule has 1 heterocycles. The van der Waals surface area contributed by atoms with Crippen LogP contribution in [-0.2, 0) is 0 Å². The van der Waals surface area contributed by atoms with Crippen molar-refractivity contribution in [1.82, 2.24) is 4.98 Å². The third-order valence-electron chi connectivity index (χ3n) is 1.17. The Morgan fingerprint density at radius 2 is 2.15 bits per heavy atom. The molecule has 0 aliphatic carbocycles. The minimum absolute atomic E-state index is 0.150. The number of rotatable bonds is 2. The molecule has 0 atom stereocenters. The Kier molecular flexibility index (Phi) is 3.17. The second-order valence-electron chi connectivity index (χ2n) is 2.02. The molecule has 72 valence electrons. The van der Waals surface area contributed by atoms with E-state index in [9.17, 15) is 13.2 Å². The van der Waals surface area contributed by atoms with E-state index < -0.39 is 24.0 Å². The predicted molar refractivity (Wildman–Crippen MR) is 48.0 cm³/mol. The molecule has 0 saturated carbocycles. The van der Waals surface area contributed by atoms with Crippen molar-refractivity contribution < 1.29 is 17.9 Å². The molecule has 0 unspecified atom stereocenters. The SMILES string of the molecule is Nc1c(OC(F)F)ncc(I)c1F. The lowest BCUT2D eigenvalue weighted by atomic mass is 10.4. The summed E-state index contributed by atoms with van der Waals surface area (Å²) < 4.78 is 40.3. The molecule has 0 radical (unpaired) electrons. The number of ether oxygens (including phenoxy) is 1. The standard InChI is InChI=1S/C6H4F3IN2O/c7-3-2(10)1-12-5(4(3)11)13-6(8)9/h1,6H,11H2. The lowest BCUT2D eigenvalue weighted by Gasteiger charge is -2.06. The molecule has 0 aliphatic rings. The van der Waals surface area contributed by atoms with Crippen LogP contribution in [0.5, 0.6) is 5.88 Å². The van der Waals surface area contributed by atoms with Gasteiger partial charge >= 0.3 is 6.61 Å². The van der Waals surface area contributed by atoms with Crippen LogP contribution >= 0.6 is 22.6 Å². The monoisotopic (exact) mass is 304 g/mol. The maximum atomic E-state index is 12.9. The fourth-order valence-corrected chi connectivity index (χ4v) is 1.07. The van der Waals surface area contributed by atoms with Crippen molar-refractivity contribution in [3.05, 3.63) is 15.6 Å². The van der Waals surface area contributed by atoms with Gasteiger partial charge in [-0.05, 0) is 22.6 Å². The smallest absolute Gasteiger partial charge is 0.388 e. The summed E-state index contributed by atoms with van der Waals surface area (Å²) in [7, 11) is 0. The maximum absolute atomic E-state index is 12.9. The molecule has 1 aromatic rings. The summed E-state index contributed by atoms with van der Waals surface area (Å²) >= 11 is 1.64. The maximum Gasteiger partial charge on any atom is 0.388 e. The van der Waals surface area contributed by atoms with Gasteiger partial charge in [0.1, 0.15) is 5.69 Å². The van der Waals surface area contributed by atoms with Gasteiger partial charge in [-0.25, -0.2) is 9.37 Å². The molecule has 1 aromatic heterocycles. The van der Waals surface area contributed by atoms with Gasteiger partial charge in [-0.2, -0.15) is 8.78 Å². The van der Waals surface area contributed by atoms with Crippen LogP contribution < -0.4 is 10.5 Å². The molecule has 1 rings (SSSR count). The molecule has 0 aromatic carbocycles. The number of alkyl halides is 2. The highest BCUT2D eigenvalue weighted by atomic mass is 127. The number of hydrogen-bond acceptors (Lipinski definition) is 3. The fraction of sp³-hybridized carbons (Fsp3) is 0.167. The average Bonchev–Trinajstić information content (AvgIpc) is 2.06. The number of nitrogen functional groups attached to an aromatic ring is 1. The Hall–Kier alpha value is -0.730. The lowest BCUT2D eigenvalue weighted by Crippen LogP contribution is -2.08. The first-order valence-corrected chi connectivity index (χ1v) is 4.14. The number of nitrogens with zero attached hydrogens (tertiary/aromatic N) is 1. The van der Waals surface area contributed by atoms with Crippen molar-refractivity contribution in [3.63, 3.8) is 0 Å². The van der Waals surface area contributed by atoms with E-state index in [-0.39, 0.29) is 3.57 Å². The van der Waals surface area contributed by atoms with E-state index >= 15 is 0 Å². The van der Waals surface area contributed by atoms with Gasteiger partial charge in [0.25, 0.3) is 0 Å². The second-order valence-corrected chi connectivity index (χ2v) is 3.18. The highest BCUT2D eigenvalue weighted by Gasteiger charge is 2.14. The molecule has 0 aliphatic heterocycles. The second kappa shape index (κ2) is 3.99. The van der Waals surface area contributed by atoms with Crippen LogP contribution in [0.4, 0.5) is 18.9 Å². The van der Waals surface area contributed by atoms with Crippen molar-refractivity contribution >= 4 is 28.3 Å². The zero-order valence-electron chi connectivity index (χ0n) is 6.10. The van der Waals surface area contributed by atoms with E-state index in [4.69, 9.17) is 5.73 Å². The van der Waals surface area contributed by atoms with Crippen LogP contribution in [-0.4, -0.2) is 11.6 Å². The number of hydrogen-bond donors (Lipinski definition) is 1. The number of pyridine rings is 1. The summed E-state index contributed by atoms with van der Waals surface area (Å²) in [6.07, 6.45) is 1.06. The summed E-state index contributed by atoms with van der Waals surface area (Å²) in [4.78, 5) is 3.40. The van der Waals surface area contributed by atoms with Gasteiger partial charge in [-0.1, -0.05) is 0 Å². The first-order valence-electron chi connectivity index (χ1n) is 3.06. The molecule has 3 nitrogen and oxygen atoms in total. The first-order chi connectivity index (χ1) is 6.02. The van der Waals surface area contributed by atoms with Crippen molar-refractivity contribution in [2.45, 2.75) is 6.61 Å². The Bertz CT molecular complexity index is 321. The van der Waals surface area contributed by atoms with Crippen LogP contribution in [0.3, 0.4) is 0 Å². The minimum atomic E-state index is -3.06. The summed E-state index contributed by atoms with van der Waals surface area (Å²) in [5.74, 6) is -1.39. The third-order valence-corrected chi connectivity index (χ3v) is 1.92. The van der Waals surface area contributed by atoms with E-state index in [2.05, 4.69) is 9.72 Å². The van der Waals surface area contributed by atoms with E-state index in [0.717, 1.165) is 6.20 Å². The number of halogens is 4. The third kappa shape index (κ3) is 2.36. The lowest BCUT2D eigenvalue weighted by molar-refractivity contribution is -0.0524. The summed E-state index contributed by atoms with van der Waals surface area (Å²) in [6, 6.07) is 0. The van der Waals surface area contributed by atoms with E-state index in [1.165, 1.54) is 0 Å². The highest BCUT2D eigenvalue weighted by molar-refractivity contribution is 14.1.